The van der Waals surface area contributed by atoms with Gasteiger partial charge in [0.15, 0.2) is 0 Å². The monoisotopic (exact) mass is 309 g/mol. The van der Waals surface area contributed by atoms with Crippen LogP contribution in [-0.4, -0.2) is 11.4 Å². The van der Waals surface area contributed by atoms with Crippen molar-refractivity contribution in [3.8, 4) is 0 Å². The van der Waals surface area contributed by atoms with Crippen LogP contribution < -0.4 is 0 Å². The summed E-state index contributed by atoms with van der Waals surface area (Å²) in [5.74, 6) is 0. The van der Waals surface area contributed by atoms with Crippen LogP contribution in [0.1, 0.15) is 17.4 Å². The Morgan fingerprint density at radius 2 is 2.06 bits per heavy atom. The van der Waals surface area contributed by atoms with E-state index in [1.54, 1.807) is 0 Å². The standard InChI is InChI=1S/C14H16BrNS/c1-2-16(11-14-7-4-8-17-14)10-12-5-3-6-13(15)9-12/h3-9H,2,10-11H2,1H3. The highest BCUT2D eigenvalue weighted by atomic mass is 79.9. The Kier molecular flexibility index (Phi) is 4.77. The molecule has 0 atom stereocenters. The van der Waals surface area contributed by atoms with E-state index in [9.17, 15) is 0 Å². The summed E-state index contributed by atoms with van der Waals surface area (Å²) >= 11 is 5.35. The maximum absolute atomic E-state index is 3.52. The quantitative estimate of drug-likeness (QED) is 0.784. The van der Waals surface area contributed by atoms with Gasteiger partial charge in [-0.2, -0.15) is 0 Å². The molecule has 3 heteroatoms. The number of hydrogen-bond donors (Lipinski definition) is 0. The van der Waals surface area contributed by atoms with Crippen LogP contribution in [0, 0.1) is 0 Å². The topological polar surface area (TPSA) is 3.24 Å². The lowest BCUT2D eigenvalue weighted by molar-refractivity contribution is 0.274. The van der Waals surface area contributed by atoms with Crippen molar-refractivity contribution in [2.24, 2.45) is 0 Å². The lowest BCUT2D eigenvalue weighted by Crippen LogP contribution is -2.21. The van der Waals surface area contributed by atoms with Gasteiger partial charge in [0.25, 0.3) is 0 Å². The summed E-state index contributed by atoms with van der Waals surface area (Å²) in [6.07, 6.45) is 0. The zero-order chi connectivity index (χ0) is 12.1. The highest BCUT2D eigenvalue weighted by Crippen LogP contribution is 2.16. The van der Waals surface area contributed by atoms with Crippen molar-refractivity contribution < 1.29 is 0 Å². The molecular formula is C14H16BrNS. The molecule has 0 N–H and O–H groups in total. The predicted octanol–water partition coefficient (Wildman–Crippen LogP) is 4.53. The smallest absolute Gasteiger partial charge is 0.0331 e. The van der Waals surface area contributed by atoms with Crippen LogP contribution in [-0.2, 0) is 13.1 Å². The van der Waals surface area contributed by atoms with E-state index in [1.165, 1.54) is 10.4 Å². The van der Waals surface area contributed by atoms with Crippen molar-refractivity contribution in [3.05, 3.63) is 56.7 Å². The van der Waals surface area contributed by atoms with Crippen LogP contribution >= 0.6 is 27.3 Å². The summed E-state index contributed by atoms with van der Waals surface area (Å²) < 4.78 is 1.15. The summed E-state index contributed by atoms with van der Waals surface area (Å²) in [7, 11) is 0. The van der Waals surface area contributed by atoms with Gasteiger partial charge in [-0.25, -0.2) is 0 Å². The molecule has 0 aliphatic heterocycles. The van der Waals surface area contributed by atoms with E-state index >= 15 is 0 Å². The fourth-order valence-corrected chi connectivity index (χ4v) is 2.99. The van der Waals surface area contributed by atoms with Crippen molar-refractivity contribution >= 4 is 27.3 Å². The van der Waals surface area contributed by atoms with Crippen LogP contribution in [0.4, 0.5) is 0 Å². The fraction of sp³-hybridized carbons (Fsp3) is 0.286. The van der Waals surface area contributed by atoms with E-state index < -0.39 is 0 Å². The van der Waals surface area contributed by atoms with E-state index in [0.717, 1.165) is 24.1 Å². The molecule has 2 rings (SSSR count). The molecule has 0 radical (unpaired) electrons. The normalized spacial score (nSPS) is 11.0. The molecule has 0 aliphatic rings. The fourth-order valence-electron chi connectivity index (χ4n) is 1.80. The summed E-state index contributed by atoms with van der Waals surface area (Å²) in [5.41, 5.74) is 1.36. The first-order chi connectivity index (χ1) is 8.28. The average Bonchev–Trinajstić information content (AvgIpc) is 2.81. The van der Waals surface area contributed by atoms with Crippen molar-refractivity contribution in [2.75, 3.05) is 6.54 Å². The maximum atomic E-state index is 3.52. The molecule has 1 aromatic heterocycles. The number of rotatable bonds is 5. The SMILES string of the molecule is CCN(Cc1cccc(Br)c1)Cc1cccs1. The highest BCUT2D eigenvalue weighted by Gasteiger charge is 2.05. The second-order valence-corrected chi connectivity index (χ2v) is 5.96. The molecule has 0 unspecified atom stereocenters. The van der Waals surface area contributed by atoms with E-state index in [0.29, 0.717) is 0 Å². The van der Waals surface area contributed by atoms with Crippen LogP contribution in [0.5, 0.6) is 0 Å². The second kappa shape index (κ2) is 6.34. The van der Waals surface area contributed by atoms with Gasteiger partial charge in [-0.1, -0.05) is 41.1 Å². The molecule has 90 valence electrons. The Labute approximate surface area is 115 Å². The Morgan fingerprint density at radius 1 is 1.18 bits per heavy atom. The summed E-state index contributed by atoms with van der Waals surface area (Å²) in [6, 6.07) is 12.9. The van der Waals surface area contributed by atoms with Gasteiger partial charge in [-0.15, -0.1) is 11.3 Å². The molecule has 0 spiro atoms. The lowest BCUT2D eigenvalue weighted by Gasteiger charge is -2.19. The third-order valence-electron chi connectivity index (χ3n) is 2.70. The second-order valence-electron chi connectivity index (χ2n) is 4.01. The van der Waals surface area contributed by atoms with Crippen LogP contribution in [0.15, 0.2) is 46.3 Å². The third kappa shape index (κ3) is 3.95. The van der Waals surface area contributed by atoms with Crippen molar-refractivity contribution in [1.82, 2.24) is 4.90 Å². The van der Waals surface area contributed by atoms with Gasteiger partial charge in [0.05, 0.1) is 0 Å². The first-order valence-corrected chi connectivity index (χ1v) is 7.44. The number of hydrogen-bond acceptors (Lipinski definition) is 2. The lowest BCUT2D eigenvalue weighted by atomic mass is 10.2. The summed E-state index contributed by atoms with van der Waals surface area (Å²) in [5, 5.41) is 2.14. The number of thiophene rings is 1. The minimum Gasteiger partial charge on any atom is -0.294 e. The minimum atomic E-state index is 1.01. The summed E-state index contributed by atoms with van der Waals surface area (Å²) in [6.45, 7) is 5.34. The maximum Gasteiger partial charge on any atom is 0.0331 e. The van der Waals surface area contributed by atoms with E-state index in [-0.39, 0.29) is 0 Å². The molecule has 1 aromatic carbocycles. The average molecular weight is 310 g/mol. The molecule has 1 heterocycles. The Morgan fingerprint density at radius 3 is 2.71 bits per heavy atom. The zero-order valence-electron chi connectivity index (χ0n) is 9.90. The van der Waals surface area contributed by atoms with E-state index in [4.69, 9.17) is 0 Å². The summed E-state index contributed by atoms with van der Waals surface area (Å²) in [4.78, 5) is 3.88. The largest absolute Gasteiger partial charge is 0.294 e. The van der Waals surface area contributed by atoms with Crippen molar-refractivity contribution in [2.45, 2.75) is 20.0 Å². The van der Waals surface area contributed by atoms with Crippen LogP contribution in [0.3, 0.4) is 0 Å². The Balaban J connectivity index is 2.00. The molecule has 2 aromatic rings. The third-order valence-corrected chi connectivity index (χ3v) is 4.06. The van der Waals surface area contributed by atoms with Gasteiger partial charge in [0.1, 0.15) is 0 Å². The highest BCUT2D eigenvalue weighted by molar-refractivity contribution is 9.10. The van der Waals surface area contributed by atoms with Gasteiger partial charge in [0, 0.05) is 22.4 Å². The molecule has 17 heavy (non-hydrogen) atoms. The van der Waals surface area contributed by atoms with Crippen molar-refractivity contribution in [3.63, 3.8) is 0 Å². The molecule has 0 saturated heterocycles. The molecule has 0 saturated carbocycles. The number of benzene rings is 1. The molecular weight excluding hydrogens is 294 g/mol. The zero-order valence-corrected chi connectivity index (χ0v) is 12.3. The Hall–Kier alpha value is -0.640. The first-order valence-electron chi connectivity index (χ1n) is 5.77. The van der Waals surface area contributed by atoms with E-state index in [1.807, 2.05) is 11.3 Å². The predicted molar refractivity (Wildman–Crippen MR) is 78.2 cm³/mol. The van der Waals surface area contributed by atoms with Gasteiger partial charge < -0.3 is 0 Å². The first kappa shape index (κ1) is 12.8. The van der Waals surface area contributed by atoms with Crippen molar-refractivity contribution in [1.29, 1.82) is 0 Å². The van der Waals surface area contributed by atoms with Gasteiger partial charge >= 0.3 is 0 Å². The van der Waals surface area contributed by atoms with E-state index in [2.05, 4.69) is 69.5 Å². The minimum absolute atomic E-state index is 1.01. The molecule has 0 fully saturated rings. The van der Waals surface area contributed by atoms with Crippen LogP contribution in [0.25, 0.3) is 0 Å². The van der Waals surface area contributed by atoms with Gasteiger partial charge in [0.2, 0.25) is 0 Å². The number of halogens is 1. The Bertz CT molecular complexity index is 453. The molecule has 0 amide bonds. The van der Waals surface area contributed by atoms with Gasteiger partial charge in [-0.3, -0.25) is 4.90 Å². The molecule has 0 bridgehead atoms. The molecule has 0 aliphatic carbocycles. The van der Waals surface area contributed by atoms with Gasteiger partial charge in [-0.05, 0) is 35.7 Å². The number of nitrogens with zero attached hydrogens (tertiary/aromatic N) is 1. The molecule has 1 nitrogen and oxygen atoms in total. The van der Waals surface area contributed by atoms with Crippen LogP contribution in [0.2, 0.25) is 0 Å².